The first-order valence-corrected chi connectivity index (χ1v) is 9.30. The number of methoxy groups -OCH3 is 5. The Morgan fingerprint density at radius 1 is 0.933 bits per heavy atom. The van der Waals surface area contributed by atoms with E-state index in [0.29, 0.717) is 29.0 Å². The van der Waals surface area contributed by atoms with E-state index in [1.165, 1.54) is 35.5 Å². The summed E-state index contributed by atoms with van der Waals surface area (Å²) in [5.74, 6) is -0.861. The average molecular weight is 420 g/mol. The molecule has 0 aromatic heterocycles. The van der Waals surface area contributed by atoms with E-state index >= 15 is 0 Å². The second-order valence-electron chi connectivity index (χ2n) is 6.82. The van der Waals surface area contributed by atoms with Crippen LogP contribution in [0.5, 0.6) is 11.5 Å². The molecule has 0 amide bonds. The van der Waals surface area contributed by atoms with E-state index in [-0.39, 0.29) is 30.0 Å². The van der Waals surface area contributed by atoms with Gasteiger partial charge in [0, 0.05) is 6.42 Å². The Morgan fingerprint density at radius 3 is 2.13 bits per heavy atom. The highest BCUT2D eigenvalue weighted by Gasteiger charge is 2.60. The van der Waals surface area contributed by atoms with Crippen molar-refractivity contribution in [3.05, 3.63) is 34.4 Å². The van der Waals surface area contributed by atoms with E-state index in [1.807, 2.05) is 0 Å². The molecule has 1 aromatic rings. The minimum atomic E-state index is -1.29. The summed E-state index contributed by atoms with van der Waals surface area (Å²) in [5.41, 5.74) is 0.194. The zero-order chi connectivity index (χ0) is 22.1. The van der Waals surface area contributed by atoms with Gasteiger partial charge >= 0.3 is 17.9 Å². The van der Waals surface area contributed by atoms with E-state index in [9.17, 15) is 14.4 Å². The number of hydrogen-bond acceptors (Lipinski definition) is 9. The van der Waals surface area contributed by atoms with Crippen molar-refractivity contribution in [3.8, 4) is 11.5 Å². The van der Waals surface area contributed by atoms with Gasteiger partial charge in [-0.25, -0.2) is 9.59 Å². The number of benzene rings is 1. The van der Waals surface area contributed by atoms with Gasteiger partial charge in [0.25, 0.3) is 0 Å². The average Bonchev–Trinajstić information content (AvgIpc) is 3.27. The molecule has 0 unspecified atom stereocenters. The number of carbonyl (C=O) groups is 3. The molecule has 1 aromatic carbocycles. The molecular formula is C21H24O9. The molecular weight excluding hydrogens is 396 g/mol. The molecule has 0 radical (unpaired) electrons. The summed E-state index contributed by atoms with van der Waals surface area (Å²) in [5, 5.41) is 0. The van der Waals surface area contributed by atoms with Gasteiger partial charge in [-0.15, -0.1) is 0 Å². The quantitative estimate of drug-likeness (QED) is 0.461. The van der Waals surface area contributed by atoms with E-state index in [2.05, 4.69) is 0 Å². The predicted octanol–water partition coefficient (Wildman–Crippen LogP) is 1.97. The largest absolute Gasteiger partial charge is 0.493 e. The van der Waals surface area contributed by atoms with Gasteiger partial charge in [-0.05, 0) is 36.1 Å². The highest BCUT2D eigenvalue weighted by atomic mass is 16.6. The van der Waals surface area contributed by atoms with E-state index in [1.54, 1.807) is 12.1 Å². The second-order valence-corrected chi connectivity index (χ2v) is 6.82. The number of ether oxygens (including phenoxy) is 6. The lowest BCUT2D eigenvalue weighted by Crippen LogP contribution is -2.33. The number of rotatable bonds is 8. The van der Waals surface area contributed by atoms with E-state index in [4.69, 9.17) is 28.4 Å². The van der Waals surface area contributed by atoms with Gasteiger partial charge in [0.1, 0.15) is 11.7 Å². The van der Waals surface area contributed by atoms with Crippen LogP contribution in [0.25, 0.3) is 0 Å². The fraction of sp³-hybridized carbons (Fsp3) is 0.476. The van der Waals surface area contributed by atoms with Gasteiger partial charge in [0.2, 0.25) is 0 Å². The molecule has 9 nitrogen and oxygen atoms in total. The van der Waals surface area contributed by atoms with Crippen LogP contribution in [0.1, 0.15) is 36.5 Å². The normalized spacial score (nSPS) is 21.2. The maximum atomic E-state index is 12.8. The third kappa shape index (κ3) is 3.19. The zero-order valence-corrected chi connectivity index (χ0v) is 17.5. The van der Waals surface area contributed by atoms with Crippen molar-refractivity contribution < 1.29 is 42.8 Å². The number of carbonyl (C=O) groups excluding carboxylic acids is 3. The Morgan fingerprint density at radius 2 is 1.57 bits per heavy atom. The van der Waals surface area contributed by atoms with Gasteiger partial charge in [0.15, 0.2) is 11.5 Å². The molecule has 30 heavy (non-hydrogen) atoms. The molecule has 2 aliphatic heterocycles. The van der Waals surface area contributed by atoms with Crippen molar-refractivity contribution >= 4 is 17.9 Å². The lowest BCUT2D eigenvalue weighted by molar-refractivity contribution is -0.141. The zero-order valence-electron chi connectivity index (χ0n) is 17.5. The van der Waals surface area contributed by atoms with Gasteiger partial charge in [-0.2, -0.15) is 0 Å². The van der Waals surface area contributed by atoms with Crippen LogP contribution < -0.4 is 9.47 Å². The van der Waals surface area contributed by atoms with Crippen molar-refractivity contribution in [2.75, 3.05) is 35.5 Å². The first kappa shape index (κ1) is 21.6. The van der Waals surface area contributed by atoms with Crippen molar-refractivity contribution in [1.82, 2.24) is 0 Å². The molecule has 0 spiro atoms. The Labute approximate surface area is 173 Å². The van der Waals surface area contributed by atoms with Crippen molar-refractivity contribution in [2.24, 2.45) is 0 Å². The predicted molar refractivity (Wildman–Crippen MR) is 102 cm³/mol. The minimum absolute atomic E-state index is 0.0754. The highest BCUT2D eigenvalue weighted by Crippen LogP contribution is 2.61. The summed E-state index contributed by atoms with van der Waals surface area (Å²) in [6.07, 6.45) is -0.120. The molecule has 0 N–H and O–H groups in total. The Bertz CT molecular complexity index is 917. The molecule has 0 aliphatic carbocycles. The monoisotopic (exact) mass is 420 g/mol. The van der Waals surface area contributed by atoms with Crippen LogP contribution in [0.4, 0.5) is 0 Å². The molecule has 3 rings (SSSR count). The van der Waals surface area contributed by atoms with Crippen molar-refractivity contribution in [3.63, 3.8) is 0 Å². The molecule has 162 valence electrons. The summed E-state index contributed by atoms with van der Waals surface area (Å²) >= 11 is 0. The highest BCUT2D eigenvalue weighted by molar-refractivity contribution is 6.05. The molecule has 2 bridgehead atoms. The Hall–Kier alpha value is -3.07. The SMILES string of the molecule is COC(=O)CCC[C@]12O[C@H](C(C(=O)OC)=C1C(=O)OC)c1cc(OC)c(OC)cc12. The lowest BCUT2D eigenvalue weighted by atomic mass is 9.74. The smallest absolute Gasteiger partial charge is 0.337 e. The topological polar surface area (TPSA) is 107 Å². The van der Waals surface area contributed by atoms with Crippen LogP contribution in [0.15, 0.2) is 23.3 Å². The van der Waals surface area contributed by atoms with Gasteiger partial charge in [0.05, 0.1) is 46.7 Å². The molecule has 2 aliphatic rings. The third-order valence-corrected chi connectivity index (χ3v) is 5.46. The number of fused-ring (bicyclic) bond motifs is 5. The molecule has 0 saturated heterocycles. The number of hydrogen-bond donors (Lipinski definition) is 0. The lowest BCUT2D eigenvalue weighted by Gasteiger charge is -2.30. The first-order chi connectivity index (χ1) is 14.4. The van der Waals surface area contributed by atoms with Crippen molar-refractivity contribution in [2.45, 2.75) is 31.0 Å². The Kier molecular flexibility index (Phi) is 6.02. The van der Waals surface area contributed by atoms with E-state index < -0.39 is 23.6 Å². The van der Waals surface area contributed by atoms with Crippen LogP contribution in [0.2, 0.25) is 0 Å². The molecule has 0 saturated carbocycles. The van der Waals surface area contributed by atoms with Crippen LogP contribution in [-0.4, -0.2) is 53.5 Å². The molecule has 0 fully saturated rings. The molecule has 2 heterocycles. The third-order valence-electron chi connectivity index (χ3n) is 5.46. The first-order valence-electron chi connectivity index (χ1n) is 9.30. The Balaban J connectivity index is 2.19. The summed E-state index contributed by atoms with van der Waals surface area (Å²) in [6, 6.07) is 3.45. The van der Waals surface area contributed by atoms with Crippen LogP contribution >= 0.6 is 0 Å². The van der Waals surface area contributed by atoms with Gasteiger partial charge in [-0.1, -0.05) is 0 Å². The minimum Gasteiger partial charge on any atom is -0.493 e. The number of esters is 3. The molecule has 9 heteroatoms. The fourth-order valence-electron chi connectivity index (χ4n) is 4.14. The van der Waals surface area contributed by atoms with Gasteiger partial charge < -0.3 is 28.4 Å². The summed E-state index contributed by atoms with van der Waals surface area (Å²) < 4.78 is 31.7. The maximum Gasteiger partial charge on any atom is 0.337 e. The summed E-state index contributed by atoms with van der Waals surface area (Å²) in [4.78, 5) is 37.0. The summed E-state index contributed by atoms with van der Waals surface area (Å²) in [7, 11) is 6.77. The summed E-state index contributed by atoms with van der Waals surface area (Å²) in [6.45, 7) is 0. The standard InChI is InChI=1S/C21H24O9/c1-25-13-9-11-12(10-14(13)26-2)21(8-6-7-15(22)27-3)17(20(24)29-5)16(18(11)30-21)19(23)28-4/h9-10,18H,6-8H2,1-5H3/t18-,21+/m0/s1. The van der Waals surface area contributed by atoms with Crippen LogP contribution in [-0.2, 0) is 38.9 Å². The van der Waals surface area contributed by atoms with Crippen LogP contribution in [0, 0.1) is 0 Å². The van der Waals surface area contributed by atoms with Crippen molar-refractivity contribution in [1.29, 1.82) is 0 Å². The molecule has 2 atom stereocenters. The van der Waals surface area contributed by atoms with Gasteiger partial charge in [-0.3, -0.25) is 4.79 Å². The van der Waals surface area contributed by atoms with E-state index in [0.717, 1.165) is 0 Å². The maximum absolute atomic E-state index is 12.8. The van der Waals surface area contributed by atoms with Crippen LogP contribution in [0.3, 0.4) is 0 Å². The fourth-order valence-corrected chi connectivity index (χ4v) is 4.14. The second kappa shape index (κ2) is 8.35.